The van der Waals surface area contributed by atoms with Crippen LogP contribution < -0.4 is 0 Å². The summed E-state index contributed by atoms with van der Waals surface area (Å²) < 4.78 is 12.0. The highest BCUT2D eigenvalue weighted by molar-refractivity contribution is 7.83. The summed E-state index contributed by atoms with van der Waals surface area (Å²) in [7, 11) is -0.981. The molecule has 2 nitrogen and oxygen atoms in total. The quantitative estimate of drug-likeness (QED) is 0.845. The standard InChI is InChI=1S/C12H11Cl2NOS2/c1-8-15-10(5-17-8)7-18(16)6-9-2-3-11(13)12(14)4-9/h2-5H,6-7H2,1H3/t18-/m1/s1. The maximum absolute atomic E-state index is 12.0. The Morgan fingerprint density at radius 2 is 2.06 bits per heavy atom. The maximum Gasteiger partial charge on any atom is 0.0897 e. The van der Waals surface area contributed by atoms with Gasteiger partial charge in [-0.25, -0.2) is 4.98 Å². The molecular formula is C12H11Cl2NOS2. The minimum absolute atomic E-state index is 0.466. The van der Waals surface area contributed by atoms with Crippen molar-refractivity contribution in [3.05, 3.63) is 49.9 Å². The highest BCUT2D eigenvalue weighted by Gasteiger charge is 2.07. The molecule has 6 heteroatoms. The largest absolute Gasteiger partial charge is 0.259 e. The Bertz CT molecular complexity index is 583. The Labute approximate surface area is 122 Å². The van der Waals surface area contributed by atoms with E-state index in [-0.39, 0.29) is 0 Å². The first-order valence-electron chi connectivity index (χ1n) is 5.24. The lowest BCUT2D eigenvalue weighted by molar-refractivity contribution is 0.681. The molecule has 0 spiro atoms. The predicted molar refractivity (Wildman–Crippen MR) is 78.9 cm³/mol. The van der Waals surface area contributed by atoms with Crippen LogP contribution in [0.4, 0.5) is 0 Å². The smallest absolute Gasteiger partial charge is 0.0897 e. The topological polar surface area (TPSA) is 30.0 Å². The van der Waals surface area contributed by atoms with Crippen molar-refractivity contribution < 1.29 is 4.21 Å². The number of hydrogen-bond donors (Lipinski definition) is 0. The number of thiazole rings is 1. The van der Waals surface area contributed by atoms with Crippen LogP contribution in [0, 0.1) is 6.92 Å². The molecule has 0 fully saturated rings. The molecule has 0 radical (unpaired) electrons. The summed E-state index contributed by atoms with van der Waals surface area (Å²) in [5, 5.41) is 3.95. The third-order valence-electron chi connectivity index (χ3n) is 2.29. The first-order valence-corrected chi connectivity index (χ1v) is 8.37. The molecule has 0 N–H and O–H groups in total. The number of nitrogens with zero attached hydrogens (tertiary/aromatic N) is 1. The van der Waals surface area contributed by atoms with Crippen molar-refractivity contribution >= 4 is 45.3 Å². The molecule has 0 aliphatic rings. The fourth-order valence-electron chi connectivity index (χ4n) is 1.51. The van der Waals surface area contributed by atoms with Gasteiger partial charge in [0.1, 0.15) is 0 Å². The first-order chi connectivity index (χ1) is 8.54. The van der Waals surface area contributed by atoms with Crippen LogP contribution in [0.25, 0.3) is 0 Å². The zero-order valence-corrected chi connectivity index (χ0v) is 12.8. The molecule has 2 aromatic rings. The van der Waals surface area contributed by atoms with E-state index in [9.17, 15) is 4.21 Å². The van der Waals surface area contributed by atoms with Gasteiger partial charge in [0.15, 0.2) is 0 Å². The summed E-state index contributed by atoms with van der Waals surface area (Å²) >= 11 is 13.3. The molecule has 1 aromatic heterocycles. The molecule has 0 amide bonds. The summed E-state index contributed by atoms with van der Waals surface area (Å²) in [4.78, 5) is 4.30. The molecule has 1 atom stereocenters. The van der Waals surface area contributed by atoms with Crippen LogP contribution in [0.3, 0.4) is 0 Å². The number of benzene rings is 1. The van der Waals surface area contributed by atoms with Crippen LogP contribution >= 0.6 is 34.5 Å². The van der Waals surface area contributed by atoms with E-state index in [4.69, 9.17) is 23.2 Å². The third kappa shape index (κ3) is 3.79. The lowest BCUT2D eigenvalue weighted by Crippen LogP contribution is -2.00. The average Bonchev–Trinajstić information content (AvgIpc) is 2.69. The van der Waals surface area contributed by atoms with E-state index in [1.165, 1.54) is 0 Å². The Hall–Kier alpha value is -0.420. The van der Waals surface area contributed by atoms with Gasteiger partial charge in [0.2, 0.25) is 0 Å². The number of hydrogen-bond acceptors (Lipinski definition) is 3. The van der Waals surface area contributed by atoms with E-state index in [0.717, 1.165) is 16.3 Å². The molecule has 0 bridgehead atoms. The van der Waals surface area contributed by atoms with Gasteiger partial charge in [-0.05, 0) is 24.6 Å². The molecule has 1 aromatic carbocycles. The van der Waals surface area contributed by atoms with Gasteiger partial charge >= 0.3 is 0 Å². The van der Waals surface area contributed by atoms with Gasteiger partial charge in [-0.3, -0.25) is 4.21 Å². The Morgan fingerprint density at radius 3 is 2.67 bits per heavy atom. The molecule has 0 saturated heterocycles. The number of aryl methyl sites for hydroxylation is 1. The van der Waals surface area contributed by atoms with E-state index < -0.39 is 10.8 Å². The van der Waals surface area contributed by atoms with Crippen LogP contribution in [0.2, 0.25) is 10.0 Å². The molecule has 0 aliphatic heterocycles. The second-order valence-electron chi connectivity index (χ2n) is 3.83. The summed E-state index contributed by atoms with van der Waals surface area (Å²) in [5.41, 5.74) is 1.81. The van der Waals surface area contributed by atoms with Gasteiger partial charge in [0.25, 0.3) is 0 Å². The van der Waals surface area contributed by atoms with Gasteiger partial charge < -0.3 is 0 Å². The zero-order chi connectivity index (χ0) is 13.1. The fourth-order valence-corrected chi connectivity index (χ4v) is 3.68. The summed E-state index contributed by atoms with van der Waals surface area (Å²) in [6.07, 6.45) is 0. The van der Waals surface area contributed by atoms with Crippen molar-refractivity contribution in [3.63, 3.8) is 0 Å². The van der Waals surface area contributed by atoms with E-state index in [2.05, 4.69) is 4.98 Å². The molecule has 0 aliphatic carbocycles. The van der Waals surface area contributed by atoms with Crippen LogP contribution in [-0.4, -0.2) is 9.19 Å². The molecule has 1 heterocycles. The molecule has 0 saturated carbocycles. The molecule has 0 unspecified atom stereocenters. The first kappa shape index (κ1) is 14.0. The highest BCUT2D eigenvalue weighted by atomic mass is 35.5. The van der Waals surface area contributed by atoms with Gasteiger partial charge in [-0.15, -0.1) is 11.3 Å². The lowest BCUT2D eigenvalue weighted by atomic mass is 10.2. The van der Waals surface area contributed by atoms with Crippen molar-refractivity contribution in [3.8, 4) is 0 Å². The zero-order valence-electron chi connectivity index (χ0n) is 9.65. The molecule has 18 heavy (non-hydrogen) atoms. The van der Waals surface area contributed by atoms with Crippen LogP contribution in [-0.2, 0) is 22.3 Å². The van der Waals surface area contributed by atoms with E-state index in [1.807, 2.05) is 18.4 Å². The second-order valence-corrected chi connectivity index (χ2v) is 7.17. The second kappa shape index (κ2) is 6.15. The summed E-state index contributed by atoms with van der Waals surface area (Å²) in [6.45, 7) is 1.94. The van der Waals surface area contributed by atoms with E-state index in [0.29, 0.717) is 21.6 Å². The van der Waals surface area contributed by atoms with Crippen molar-refractivity contribution in [1.82, 2.24) is 4.98 Å². The van der Waals surface area contributed by atoms with Gasteiger partial charge in [-0.1, -0.05) is 29.3 Å². The van der Waals surface area contributed by atoms with Gasteiger partial charge in [-0.2, -0.15) is 0 Å². The number of aromatic nitrogens is 1. The van der Waals surface area contributed by atoms with Crippen molar-refractivity contribution in [2.24, 2.45) is 0 Å². The van der Waals surface area contributed by atoms with Crippen LogP contribution in [0.5, 0.6) is 0 Å². The summed E-state index contributed by atoms with van der Waals surface area (Å²) in [5.74, 6) is 0.943. The minimum atomic E-state index is -0.981. The molecular weight excluding hydrogens is 309 g/mol. The van der Waals surface area contributed by atoms with Crippen molar-refractivity contribution in [2.45, 2.75) is 18.4 Å². The van der Waals surface area contributed by atoms with Gasteiger partial charge in [0, 0.05) is 21.9 Å². The van der Waals surface area contributed by atoms with E-state index in [1.54, 1.807) is 23.5 Å². The Morgan fingerprint density at radius 1 is 1.28 bits per heavy atom. The Kier molecular flexibility index (Phi) is 4.78. The maximum atomic E-state index is 12.0. The van der Waals surface area contributed by atoms with Gasteiger partial charge in [0.05, 0.1) is 26.5 Å². The fraction of sp³-hybridized carbons (Fsp3) is 0.250. The third-order valence-corrected chi connectivity index (χ3v) is 5.12. The van der Waals surface area contributed by atoms with Crippen LogP contribution in [0.1, 0.15) is 16.3 Å². The SMILES string of the molecule is Cc1nc(C[S@](=O)Cc2ccc(Cl)c(Cl)c2)cs1. The van der Waals surface area contributed by atoms with E-state index >= 15 is 0 Å². The monoisotopic (exact) mass is 319 g/mol. The van der Waals surface area contributed by atoms with Crippen molar-refractivity contribution in [2.75, 3.05) is 0 Å². The highest BCUT2D eigenvalue weighted by Crippen LogP contribution is 2.23. The lowest BCUT2D eigenvalue weighted by Gasteiger charge is -2.03. The van der Waals surface area contributed by atoms with Crippen molar-refractivity contribution in [1.29, 1.82) is 0 Å². The van der Waals surface area contributed by atoms with Crippen LogP contribution in [0.15, 0.2) is 23.6 Å². The number of rotatable bonds is 4. The average molecular weight is 320 g/mol. The Balaban J connectivity index is 2.00. The number of halogens is 2. The normalized spacial score (nSPS) is 12.6. The molecule has 96 valence electrons. The molecule has 2 rings (SSSR count). The minimum Gasteiger partial charge on any atom is -0.259 e. The summed E-state index contributed by atoms with van der Waals surface area (Å²) in [6, 6.07) is 5.33. The predicted octanol–water partition coefficient (Wildman–Crippen LogP) is 4.21.